The molecule has 0 bridgehead atoms. The summed E-state index contributed by atoms with van der Waals surface area (Å²) in [6.45, 7) is 3.09. The number of anilines is 4. The second-order valence-electron chi connectivity index (χ2n) is 6.91. The number of hydrogen-bond donors (Lipinski definition) is 2. The Kier molecular flexibility index (Phi) is 6.15. The molecular formula is C21H21ClN6O3. The maximum absolute atomic E-state index is 12.1. The molecule has 9 nitrogen and oxygen atoms in total. The molecule has 0 atom stereocenters. The number of morpholine rings is 1. The van der Waals surface area contributed by atoms with E-state index < -0.39 is 0 Å². The fourth-order valence-corrected chi connectivity index (χ4v) is 3.22. The Morgan fingerprint density at radius 3 is 2.90 bits per heavy atom. The van der Waals surface area contributed by atoms with Crippen LogP contribution in [0.2, 0.25) is 5.02 Å². The normalized spacial score (nSPS) is 13.9. The number of aryl methyl sites for hydroxylation is 1. The number of halogens is 1. The molecule has 160 valence electrons. The summed E-state index contributed by atoms with van der Waals surface area (Å²) in [5, 5.41) is 3.70. The summed E-state index contributed by atoms with van der Waals surface area (Å²) in [6, 6.07) is 12.8. The Morgan fingerprint density at radius 2 is 2.10 bits per heavy atom. The predicted molar refractivity (Wildman–Crippen MR) is 118 cm³/mol. The van der Waals surface area contributed by atoms with Crippen LogP contribution in [0.25, 0.3) is 0 Å². The second-order valence-corrected chi connectivity index (χ2v) is 7.31. The maximum Gasteiger partial charge on any atom is 0.253 e. The van der Waals surface area contributed by atoms with Crippen LogP contribution in [-0.4, -0.2) is 40.6 Å². The summed E-state index contributed by atoms with van der Waals surface area (Å²) in [5.41, 5.74) is 8.28. The first-order valence-electron chi connectivity index (χ1n) is 9.62. The van der Waals surface area contributed by atoms with Crippen molar-refractivity contribution in [3.8, 4) is 5.75 Å². The van der Waals surface area contributed by atoms with E-state index in [9.17, 15) is 4.79 Å². The highest BCUT2D eigenvalue weighted by molar-refractivity contribution is 6.31. The molecule has 2 heterocycles. The van der Waals surface area contributed by atoms with Crippen molar-refractivity contribution >= 4 is 40.8 Å². The standard InChI is InChI=1S/C21H21ClN6O3/c1-13-5-6-14(9-17(13)22)24-21-26-18(25-20(23)27-21)11-31-16-4-2-3-15(10-16)28-7-8-30-12-19(28)29/h2-6,9-10H,7-8,11-12H2,1H3,(H3,23,24,25,26,27). The number of carbonyl (C=O) groups is 1. The lowest BCUT2D eigenvalue weighted by molar-refractivity contribution is -0.125. The van der Waals surface area contributed by atoms with Gasteiger partial charge in [0.2, 0.25) is 11.9 Å². The molecule has 1 amide bonds. The van der Waals surface area contributed by atoms with E-state index in [1.807, 2.05) is 31.2 Å². The van der Waals surface area contributed by atoms with Gasteiger partial charge in [-0.05, 0) is 36.8 Å². The van der Waals surface area contributed by atoms with Crippen LogP contribution in [0, 0.1) is 6.92 Å². The minimum absolute atomic E-state index is 0.0713. The topological polar surface area (TPSA) is 115 Å². The fraction of sp³-hybridized carbons (Fsp3) is 0.238. The van der Waals surface area contributed by atoms with Crippen molar-refractivity contribution in [1.29, 1.82) is 0 Å². The minimum atomic E-state index is -0.0828. The van der Waals surface area contributed by atoms with Gasteiger partial charge in [-0.1, -0.05) is 23.7 Å². The number of rotatable bonds is 6. The van der Waals surface area contributed by atoms with Crippen LogP contribution in [0.3, 0.4) is 0 Å². The number of nitrogens with two attached hydrogens (primary N) is 1. The zero-order valence-corrected chi connectivity index (χ0v) is 17.6. The van der Waals surface area contributed by atoms with Crippen LogP contribution in [0.15, 0.2) is 42.5 Å². The Balaban J connectivity index is 1.45. The number of hydrogen-bond acceptors (Lipinski definition) is 8. The van der Waals surface area contributed by atoms with Crippen LogP contribution in [0.1, 0.15) is 11.4 Å². The van der Waals surface area contributed by atoms with E-state index in [1.54, 1.807) is 23.1 Å². The first-order chi connectivity index (χ1) is 15.0. The van der Waals surface area contributed by atoms with Crippen molar-refractivity contribution in [2.45, 2.75) is 13.5 Å². The molecule has 2 aromatic carbocycles. The highest BCUT2D eigenvalue weighted by Crippen LogP contribution is 2.24. The van der Waals surface area contributed by atoms with Crippen molar-refractivity contribution in [3.63, 3.8) is 0 Å². The summed E-state index contributed by atoms with van der Waals surface area (Å²) in [7, 11) is 0. The van der Waals surface area contributed by atoms with Crippen LogP contribution < -0.4 is 20.7 Å². The molecule has 0 radical (unpaired) electrons. The van der Waals surface area contributed by atoms with E-state index in [-0.39, 0.29) is 25.1 Å². The third kappa shape index (κ3) is 5.19. The smallest absolute Gasteiger partial charge is 0.253 e. The zero-order chi connectivity index (χ0) is 21.8. The molecule has 0 spiro atoms. The second kappa shape index (κ2) is 9.15. The van der Waals surface area contributed by atoms with E-state index in [0.717, 1.165) is 16.9 Å². The number of aromatic nitrogens is 3. The molecule has 1 aliphatic heterocycles. The lowest BCUT2D eigenvalue weighted by Crippen LogP contribution is -2.41. The number of carbonyl (C=O) groups excluding carboxylic acids is 1. The third-order valence-corrected chi connectivity index (χ3v) is 5.02. The average Bonchev–Trinajstić information content (AvgIpc) is 2.75. The highest BCUT2D eigenvalue weighted by Gasteiger charge is 2.20. The largest absolute Gasteiger partial charge is 0.486 e. The van der Waals surface area contributed by atoms with E-state index in [4.69, 9.17) is 26.8 Å². The molecule has 1 aliphatic rings. The van der Waals surface area contributed by atoms with Gasteiger partial charge in [0.1, 0.15) is 19.0 Å². The van der Waals surface area contributed by atoms with Crippen LogP contribution in [-0.2, 0) is 16.1 Å². The van der Waals surface area contributed by atoms with Gasteiger partial charge in [-0.15, -0.1) is 0 Å². The Labute approximate surface area is 184 Å². The van der Waals surface area contributed by atoms with Crippen molar-refractivity contribution < 1.29 is 14.3 Å². The molecule has 0 aliphatic carbocycles. The van der Waals surface area contributed by atoms with E-state index in [2.05, 4.69) is 20.3 Å². The van der Waals surface area contributed by atoms with Gasteiger partial charge in [0.15, 0.2) is 5.82 Å². The molecule has 10 heteroatoms. The Morgan fingerprint density at radius 1 is 1.23 bits per heavy atom. The quantitative estimate of drug-likeness (QED) is 0.600. The van der Waals surface area contributed by atoms with E-state index in [0.29, 0.717) is 35.7 Å². The average molecular weight is 441 g/mol. The van der Waals surface area contributed by atoms with Crippen molar-refractivity contribution in [2.24, 2.45) is 0 Å². The van der Waals surface area contributed by atoms with Crippen LogP contribution in [0.5, 0.6) is 5.75 Å². The van der Waals surface area contributed by atoms with Gasteiger partial charge in [0.05, 0.1) is 6.61 Å². The number of nitrogens with zero attached hydrogens (tertiary/aromatic N) is 4. The summed E-state index contributed by atoms with van der Waals surface area (Å²) in [5.74, 6) is 1.22. The highest BCUT2D eigenvalue weighted by atomic mass is 35.5. The molecule has 1 saturated heterocycles. The predicted octanol–water partition coefficient (Wildman–Crippen LogP) is 3.10. The first-order valence-corrected chi connectivity index (χ1v) is 10.0. The maximum atomic E-state index is 12.1. The summed E-state index contributed by atoms with van der Waals surface area (Å²) in [4.78, 5) is 26.3. The third-order valence-electron chi connectivity index (χ3n) is 4.61. The fourth-order valence-electron chi connectivity index (χ4n) is 3.04. The number of nitrogen functional groups attached to an aromatic ring is 1. The molecular weight excluding hydrogens is 420 g/mol. The Bertz CT molecular complexity index is 1110. The number of amides is 1. The van der Waals surface area contributed by atoms with Crippen LogP contribution in [0.4, 0.5) is 23.3 Å². The zero-order valence-electron chi connectivity index (χ0n) is 16.8. The van der Waals surface area contributed by atoms with Crippen molar-refractivity contribution in [3.05, 3.63) is 58.9 Å². The molecule has 3 N–H and O–H groups in total. The molecule has 0 saturated carbocycles. The van der Waals surface area contributed by atoms with Gasteiger partial charge in [-0.25, -0.2) is 0 Å². The lowest BCUT2D eigenvalue weighted by atomic mass is 10.2. The lowest BCUT2D eigenvalue weighted by Gasteiger charge is -2.27. The minimum Gasteiger partial charge on any atom is -0.486 e. The molecule has 0 unspecified atom stereocenters. The van der Waals surface area contributed by atoms with Gasteiger partial charge in [0.25, 0.3) is 5.91 Å². The molecule has 31 heavy (non-hydrogen) atoms. The summed E-state index contributed by atoms with van der Waals surface area (Å²) < 4.78 is 11.0. The number of benzene rings is 2. The van der Waals surface area contributed by atoms with Crippen molar-refractivity contribution in [1.82, 2.24) is 15.0 Å². The van der Waals surface area contributed by atoms with Crippen LogP contribution >= 0.6 is 11.6 Å². The van der Waals surface area contributed by atoms with Gasteiger partial charge < -0.3 is 25.4 Å². The van der Waals surface area contributed by atoms with Gasteiger partial charge in [0, 0.05) is 29.0 Å². The molecule has 1 aromatic heterocycles. The van der Waals surface area contributed by atoms with Gasteiger partial charge in [-0.3, -0.25) is 4.79 Å². The Hall–Kier alpha value is -3.43. The molecule has 1 fully saturated rings. The molecule has 4 rings (SSSR count). The van der Waals surface area contributed by atoms with Gasteiger partial charge >= 0.3 is 0 Å². The number of ether oxygens (including phenoxy) is 2. The van der Waals surface area contributed by atoms with Gasteiger partial charge in [-0.2, -0.15) is 15.0 Å². The summed E-state index contributed by atoms with van der Waals surface area (Å²) >= 11 is 6.17. The summed E-state index contributed by atoms with van der Waals surface area (Å²) in [6.07, 6.45) is 0. The first kappa shape index (κ1) is 20.8. The van der Waals surface area contributed by atoms with E-state index in [1.165, 1.54) is 0 Å². The monoisotopic (exact) mass is 440 g/mol. The van der Waals surface area contributed by atoms with Crippen molar-refractivity contribution in [2.75, 3.05) is 35.7 Å². The number of nitrogens with one attached hydrogen (secondary N) is 1. The molecule has 3 aromatic rings. The SMILES string of the molecule is Cc1ccc(Nc2nc(N)nc(COc3cccc(N4CCOCC4=O)c3)n2)cc1Cl. The van der Waals surface area contributed by atoms with E-state index >= 15 is 0 Å².